The molecule has 2 aromatic carbocycles. The Morgan fingerprint density at radius 1 is 0.947 bits per heavy atom. The molecule has 6 nitrogen and oxygen atoms in total. The van der Waals surface area contributed by atoms with Gasteiger partial charge >= 0.3 is 0 Å². The van der Waals surface area contributed by atoms with Crippen molar-refractivity contribution in [3.63, 3.8) is 0 Å². The van der Waals surface area contributed by atoms with Crippen molar-refractivity contribution in [2.24, 2.45) is 0 Å². The molecule has 0 radical (unpaired) electrons. The molecule has 0 saturated carbocycles. The number of rotatable bonds is 3. The molecule has 0 heterocycles. The minimum Gasteiger partial charge on any atom is -0.258 e. The van der Waals surface area contributed by atoms with Crippen LogP contribution in [0.15, 0.2) is 42.5 Å². The molecule has 2 aromatic rings. The molecule has 0 saturated heterocycles. The number of non-ortho nitro benzene ring substituents is 1. The number of nitrogens with zero attached hydrogens (tertiary/aromatic N) is 2. The van der Waals surface area contributed by atoms with Crippen LogP contribution in [0.3, 0.4) is 0 Å². The fraction of sp³-hybridized carbons (Fsp3) is 0. The first kappa shape index (κ1) is 13.0. The maximum atomic E-state index is 10.9. The van der Waals surface area contributed by atoms with E-state index in [1.165, 1.54) is 36.4 Å². The van der Waals surface area contributed by atoms with Gasteiger partial charge in [0, 0.05) is 23.2 Å². The van der Waals surface area contributed by atoms with Gasteiger partial charge in [-0.05, 0) is 17.7 Å². The zero-order valence-electron chi connectivity index (χ0n) is 9.45. The van der Waals surface area contributed by atoms with E-state index in [1.807, 2.05) is 0 Å². The van der Waals surface area contributed by atoms with Gasteiger partial charge in [0.1, 0.15) is 0 Å². The molecule has 19 heavy (non-hydrogen) atoms. The lowest BCUT2D eigenvalue weighted by molar-refractivity contribution is -0.385. The number of hydrogen-bond acceptors (Lipinski definition) is 4. The Morgan fingerprint density at radius 3 is 2.26 bits per heavy atom. The third kappa shape index (κ3) is 2.69. The molecule has 0 unspecified atom stereocenters. The van der Waals surface area contributed by atoms with Crippen molar-refractivity contribution >= 4 is 23.0 Å². The van der Waals surface area contributed by atoms with Gasteiger partial charge in [0.2, 0.25) is 0 Å². The highest BCUT2D eigenvalue weighted by molar-refractivity contribution is 6.31. The molecule has 0 fully saturated rings. The maximum Gasteiger partial charge on any atom is 0.277 e. The molecular formula is C12H7ClN2O4. The monoisotopic (exact) mass is 278 g/mol. The van der Waals surface area contributed by atoms with Crippen LogP contribution in [-0.2, 0) is 0 Å². The topological polar surface area (TPSA) is 86.3 Å². The first-order valence-electron chi connectivity index (χ1n) is 5.18. The second kappa shape index (κ2) is 5.03. The summed E-state index contributed by atoms with van der Waals surface area (Å²) in [6.07, 6.45) is 0. The summed E-state index contributed by atoms with van der Waals surface area (Å²) in [5.41, 5.74) is 0.296. The lowest BCUT2D eigenvalue weighted by Crippen LogP contribution is -1.93. The summed E-state index contributed by atoms with van der Waals surface area (Å²) >= 11 is 5.80. The highest BCUT2D eigenvalue weighted by Crippen LogP contribution is 2.33. The lowest BCUT2D eigenvalue weighted by Gasteiger charge is -2.03. The third-order valence-electron chi connectivity index (χ3n) is 2.51. The van der Waals surface area contributed by atoms with Crippen molar-refractivity contribution in [1.82, 2.24) is 0 Å². The molecule has 0 bridgehead atoms. The van der Waals surface area contributed by atoms with E-state index in [0.717, 1.165) is 0 Å². The number of nitro benzene ring substituents is 2. The number of nitro groups is 2. The Balaban J connectivity index is 2.65. The zero-order valence-corrected chi connectivity index (χ0v) is 10.2. The fourth-order valence-corrected chi connectivity index (χ4v) is 1.94. The van der Waals surface area contributed by atoms with Gasteiger partial charge in [0.25, 0.3) is 11.4 Å². The molecule has 0 aliphatic heterocycles. The predicted octanol–water partition coefficient (Wildman–Crippen LogP) is 3.82. The molecule has 0 aliphatic rings. The summed E-state index contributed by atoms with van der Waals surface area (Å²) in [5, 5.41) is 21.9. The Kier molecular flexibility index (Phi) is 3.43. The van der Waals surface area contributed by atoms with E-state index in [2.05, 4.69) is 0 Å². The average Bonchev–Trinajstić information content (AvgIpc) is 2.37. The van der Waals surface area contributed by atoms with E-state index < -0.39 is 9.85 Å². The Bertz CT molecular complexity index is 673. The molecule has 0 aromatic heterocycles. The van der Waals surface area contributed by atoms with Crippen LogP contribution in [0.5, 0.6) is 0 Å². The summed E-state index contributed by atoms with van der Waals surface area (Å²) in [7, 11) is 0. The average molecular weight is 279 g/mol. The van der Waals surface area contributed by atoms with Crippen LogP contribution < -0.4 is 0 Å². The van der Waals surface area contributed by atoms with Crippen LogP contribution in [-0.4, -0.2) is 9.85 Å². The van der Waals surface area contributed by atoms with Crippen molar-refractivity contribution in [3.8, 4) is 11.1 Å². The molecule has 0 amide bonds. The fourth-order valence-electron chi connectivity index (χ4n) is 1.71. The van der Waals surface area contributed by atoms with Crippen molar-refractivity contribution in [3.05, 3.63) is 67.7 Å². The van der Waals surface area contributed by atoms with Crippen molar-refractivity contribution in [1.29, 1.82) is 0 Å². The summed E-state index contributed by atoms with van der Waals surface area (Å²) in [6, 6.07) is 9.91. The largest absolute Gasteiger partial charge is 0.277 e. The Labute approximate surface area is 112 Å². The maximum absolute atomic E-state index is 10.9. The summed E-state index contributed by atoms with van der Waals surface area (Å²) < 4.78 is 0. The van der Waals surface area contributed by atoms with Gasteiger partial charge in [0.05, 0.1) is 15.4 Å². The van der Waals surface area contributed by atoms with Gasteiger partial charge < -0.3 is 0 Å². The van der Waals surface area contributed by atoms with Crippen LogP contribution >= 0.6 is 11.6 Å². The van der Waals surface area contributed by atoms with Crippen LogP contribution in [0.2, 0.25) is 5.02 Å². The molecule has 7 heteroatoms. The number of hydrogen-bond donors (Lipinski definition) is 0. The SMILES string of the molecule is O=[N+]([O-])c1cc(Cl)cc(-c2ccccc2[N+](=O)[O-])c1. The van der Waals surface area contributed by atoms with E-state index in [9.17, 15) is 20.2 Å². The second-order valence-electron chi connectivity index (χ2n) is 3.73. The van der Waals surface area contributed by atoms with Gasteiger partial charge in [0.15, 0.2) is 0 Å². The van der Waals surface area contributed by atoms with E-state index in [-0.39, 0.29) is 22.0 Å². The van der Waals surface area contributed by atoms with E-state index in [0.29, 0.717) is 5.56 Å². The lowest BCUT2D eigenvalue weighted by atomic mass is 10.0. The first-order chi connectivity index (χ1) is 8.99. The van der Waals surface area contributed by atoms with Gasteiger partial charge in [-0.3, -0.25) is 20.2 Å². The summed E-state index contributed by atoms with van der Waals surface area (Å²) in [6.45, 7) is 0. The Hall–Kier alpha value is -2.47. The minimum absolute atomic E-state index is 0.126. The van der Waals surface area contributed by atoms with Gasteiger partial charge in [-0.2, -0.15) is 0 Å². The smallest absolute Gasteiger partial charge is 0.258 e. The number of halogens is 1. The van der Waals surface area contributed by atoms with Crippen molar-refractivity contribution in [2.75, 3.05) is 0 Å². The van der Waals surface area contributed by atoms with Crippen molar-refractivity contribution in [2.45, 2.75) is 0 Å². The summed E-state index contributed by atoms with van der Waals surface area (Å²) in [4.78, 5) is 20.6. The molecule has 0 atom stereocenters. The van der Waals surface area contributed by atoms with Gasteiger partial charge in [-0.25, -0.2) is 0 Å². The van der Waals surface area contributed by atoms with Crippen molar-refractivity contribution < 1.29 is 9.85 Å². The Morgan fingerprint density at radius 2 is 1.63 bits per heavy atom. The van der Waals surface area contributed by atoms with E-state index >= 15 is 0 Å². The third-order valence-corrected chi connectivity index (χ3v) is 2.72. The highest BCUT2D eigenvalue weighted by atomic mass is 35.5. The van der Waals surface area contributed by atoms with Crippen LogP contribution in [0.1, 0.15) is 0 Å². The minimum atomic E-state index is -0.593. The van der Waals surface area contributed by atoms with Crippen LogP contribution in [0, 0.1) is 20.2 Å². The quantitative estimate of drug-likeness (QED) is 0.631. The molecule has 2 rings (SSSR count). The molecular weight excluding hydrogens is 272 g/mol. The molecule has 0 N–H and O–H groups in total. The summed E-state index contributed by atoms with van der Waals surface area (Å²) in [5.74, 6) is 0. The standard InChI is InChI=1S/C12H7ClN2O4/c13-9-5-8(6-10(7-9)14(16)17)11-3-1-2-4-12(11)15(18)19/h1-7H. The second-order valence-corrected chi connectivity index (χ2v) is 4.17. The van der Waals surface area contributed by atoms with E-state index in [1.54, 1.807) is 6.07 Å². The van der Waals surface area contributed by atoms with Gasteiger partial charge in [-0.15, -0.1) is 0 Å². The number of para-hydroxylation sites is 1. The first-order valence-corrected chi connectivity index (χ1v) is 5.55. The number of benzene rings is 2. The molecule has 0 spiro atoms. The predicted molar refractivity (Wildman–Crippen MR) is 70.2 cm³/mol. The van der Waals surface area contributed by atoms with Crippen LogP contribution in [0.4, 0.5) is 11.4 Å². The van der Waals surface area contributed by atoms with Crippen LogP contribution in [0.25, 0.3) is 11.1 Å². The molecule has 96 valence electrons. The van der Waals surface area contributed by atoms with E-state index in [4.69, 9.17) is 11.6 Å². The zero-order chi connectivity index (χ0) is 14.0. The molecule has 0 aliphatic carbocycles. The normalized spacial score (nSPS) is 10.2. The van der Waals surface area contributed by atoms with Gasteiger partial charge in [-0.1, -0.05) is 23.7 Å². The highest BCUT2D eigenvalue weighted by Gasteiger charge is 2.17.